The Kier molecular flexibility index (Phi) is 6.11. The highest BCUT2D eigenvalue weighted by atomic mass is 32.2. The number of benzene rings is 2. The molecule has 2 heterocycles. The summed E-state index contributed by atoms with van der Waals surface area (Å²) in [6.07, 6.45) is 0. The molecular formula is C22H20O2S4. The van der Waals surface area contributed by atoms with Crippen LogP contribution in [0.3, 0.4) is 0 Å². The summed E-state index contributed by atoms with van der Waals surface area (Å²) in [5.41, 5.74) is 2.50. The molecule has 0 N–H and O–H groups in total. The van der Waals surface area contributed by atoms with E-state index >= 15 is 0 Å². The predicted molar refractivity (Wildman–Crippen MR) is 129 cm³/mol. The highest BCUT2D eigenvalue weighted by molar-refractivity contribution is 8.37. The van der Waals surface area contributed by atoms with E-state index in [9.17, 15) is 0 Å². The molecule has 0 unspecified atom stereocenters. The first kappa shape index (κ1) is 20.0. The van der Waals surface area contributed by atoms with Gasteiger partial charge in [0.15, 0.2) is 0 Å². The second kappa shape index (κ2) is 8.57. The van der Waals surface area contributed by atoms with E-state index in [4.69, 9.17) is 9.47 Å². The van der Waals surface area contributed by atoms with Crippen LogP contribution < -0.4 is 9.47 Å². The Morgan fingerprint density at radius 1 is 0.536 bits per heavy atom. The molecular weight excluding hydrogens is 425 g/mol. The lowest BCUT2D eigenvalue weighted by molar-refractivity contribution is 0.414. The lowest BCUT2D eigenvalue weighted by Gasteiger charge is -2.06. The van der Waals surface area contributed by atoms with Crippen molar-refractivity contribution in [3.63, 3.8) is 0 Å². The zero-order valence-electron chi connectivity index (χ0n) is 16.1. The minimum atomic E-state index is 0.891. The maximum atomic E-state index is 5.28. The van der Waals surface area contributed by atoms with Crippen molar-refractivity contribution < 1.29 is 9.47 Å². The molecule has 0 atom stereocenters. The summed E-state index contributed by atoms with van der Waals surface area (Å²) in [6.45, 7) is 4.42. The van der Waals surface area contributed by atoms with Gasteiger partial charge in [0.05, 0.1) is 22.7 Å². The van der Waals surface area contributed by atoms with Crippen molar-refractivity contribution in [1.82, 2.24) is 0 Å². The van der Waals surface area contributed by atoms with Gasteiger partial charge in [0.2, 0.25) is 0 Å². The molecule has 2 aromatic rings. The van der Waals surface area contributed by atoms with Gasteiger partial charge in [0, 0.05) is 19.6 Å². The van der Waals surface area contributed by atoms with E-state index in [-0.39, 0.29) is 0 Å². The van der Waals surface area contributed by atoms with Crippen LogP contribution in [0.5, 0.6) is 11.5 Å². The average Bonchev–Trinajstić information content (AvgIpc) is 3.31. The lowest BCUT2D eigenvalue weighted by atomic mass is 10.2. The molecule has 0 spiro atoms. The zero-order chi connectivity index (χ0) is 19.7. The van der Waals surface area contributed by atoms with Crippen molar-refractivity contribution in [1.29, 1.82) is 0 Å². The highest BCUT2D eigenvalue weighted by Crippen LogP contribution is 2.63. The Morgan fingerprint density at radius 2 is 0.893 bits per heavy atom. The van der Waals surface area contributed by atoms with Crippen molar-refractivity contribution in [3.05, 3.63) is 77.9 Å². The summed E-state index contributed by atoms with van der Waals surface area (Å²) in [5.74, 6) is 1.78. The monoisotopic (exact) mass is 444 g/mol. The fourth-order valence-corrected chi connectivity index (χ4v) is 8.48. The van der Waals surface area contributed by atoms with Crippen molar-refractivity contribution in [3.8, 4) is 11.5 Å². The van der Waals surface area contributed by atoms with Gasteiger partial charge in [-0.05, 0) is 49.2 Å². The van der Waals surface area contributed by atoms with Gasteiger partial charge in [-0.3, -0.25) is 0 Å². The van der Waals surface area contributed by atoms with Crippen molar-refractivity contribution in [2.75, 3.05) is 14.2 Å². The molecule has 0 radical (unpaired) electrons. The molecule has 0 aliphatic carbocycles. The summed E-state index contributed by atoms with van der Waals surface area (Å²) >= 11 is 7.53. The fraction of sp³-hybridized carbons (Fsp3) is 0.182. The molecule has 28 heavy (non-hydrogen) atoms. The Bertz CT molecular complexity index is 905. The zero-order valence-corrected chi connectivity index (χ0v) is 19.3. The second-order valence-corrected chi connectivity index (χ2v) is 11.2. The van der Waals surface area contributed by atoms with Gasteiger partial charge in [-0.25, -0.2) is 0 Å². The van der Waals surface area contributed by atoms with Crippen LogP contribution >= 0.6 is 47.0 Å². The molecule has 144 valence electrons. The van der Waals surface area contributed by atoms with Gasteiger partial charge in [-0.1, -0.05) is 71.3 Å². The lowest BCUT2D eigenvalue weighted by Crippen LogP contribution is -1.84. The van der Waals surface area contributed by atoms with E-state index in [0.29, 0.717) is 0 Å². The van der Waals surface area contributed by atoms with Crippen LogP contribution in [0.15, 0.2) is 66.8 Å². The minimum Gasteiger partial charge on any atom is -0.497 e. The number of rotatable bonds is 4. The average molecular weight is 445 g/mol. The van der Waals surface area contributed by atoms with Crippen LogP contribution in [0.25, 0.3) is 9.81 Å². The third-order valence-electron chi connectivity index (χ3n) is 4.39. The molecule has 0 saturated heterocycles. The Balaban J connectivity index is 1.53. The number of hydrogen-bond donors (Lipinski definition) is 0. The summed E-state index contributed by atoms with van der Waals surface area (Å²) in [5, 5.41) is 0. The Hall–Kier alpha value is -1.34. The first-order chi connectivity index (χ1) is 13.6. The smallest absolute Gasteiger partial charge is 0.118 e. The second-order valence-electron chi connectivity index (χ2n) is 6.21. The maximum absolute atomic E-state index is 5.28. The number of methoxy groups -OCH3 is 2. The van der Waals surface area contributed by atoms with Crippen LogP contribution in [0.1, 0.15) is 25.0 Å². The van der Waals surface area contributed by atoms with Crippen LogP contribution in [0.2, 0.25) is 0 Å². The standard InChI is InChI=1S/C22H20O2S4/c1-13-19(15-5-9-17(23-3)10-6-15)27-21(25-13)22-26-14(2)20(28-22)16-7-11-18(24-4)12-8-16/h5-12H,1-4H3. The third-order valence-corrected chi connectivity index (χ3v) is 10.2. The summed E-state index contributed by atoms with van der Waals surface area (Å²) in [7, 11) is 3.40. The molecule has 6 heteroatoms. The van der Waals surface area contributed by atoms with Crippen LogP contribution in [0.4, 0.5) is 0 Å². The number of allylic oxidation sites excluding steroid dienone is 2. The molecule has 0 amide bonds. The van der Waals surface area contributed by atoms with E-state index in [2.05, 4.69) is 38.1 Å². The Labute approximate surface area is 183 Å². The van der Waals surface area contributed by atoms with E-state index in [1.807, 2.05) is 71.3 Å². The van der Waals surface area contributed by atoms with Gasteiger partial charge in [0.1, 0.15) is 11.5 Å². The first-order valence-electron chi connectivity index (χ1n) is 8.75. The van der Waals surface area contributed by atoms with Crippen molar-refractivity contribution >= 4 is 56.9 Å². The highest BCUT2D eigenvalue weighted by Gasteiger charge is 2.28. The van der Waals surface area contributed by atoms with Gasteiger partial charge in [-0.15, -0.1) is 0 Å². The molecule has 0 bridgehead atoms. The Morgan fingerprint density at radius 3 is 1.21 bits per heavy atom. The molecule has 4 rings (SSSR count). The molecule has 0 aromatic heterocycles. The van der Waals surface area contributed by atoms with Crippen LogP contribution in [0, 0.1) is 0 Å². The number of ether oxygens (including phenoxy) is 2. The summed E-state index contributed by atoms with van der Waals surface area (Å²) in [4.78, 5) is 5.39. The fourth-order valence-electron chi connectivity index (χ4n) is 2.92. The van der Waals surface area contributed by atoms with E-state index in [1.54, 1.807) is 14.2 Å². The van der Waals surface area contributed by atoms with E-state index in [1.165, 1.54) is 39.2 Å². The van der Waals surface area contributed by atoms with E-state index < -0.39 is 0 Å². The molecule has 2 aliphatic rings. The van der Waals surface area contributed by atoms with Gasteiger partial charge < -0.3 is 9.47 Å². The van der Waals surface area contributed by atoms with Gasteiger partial charge in [0.25, 0.3) is 0 Å². The SMILES string of the molecule is COc1ccc(C2=C(C)SC(=C3SC(C)=C(c4ccc(OC)cc4)S3)S2)cc1. The van der Waals surface area contributed by atoms with Crippen molar-refractivity contribution in [2.24, 2.45) is 0 Å². The normalized spacial score (nSPS) is 19.6. The number of thioether (sulfide) groups is 4. The largest absolute Gasteiger partial charge is 0.497 e. The summed E-state index contributed by atoms with van der Waals surface area (Å²) in [6, 6.07) is 16.7. The van der Waals surface area contributed by atoms with Crippen LogP contribution in [-0.4, -0.2) is 14.2 Å². The van der Waals surface area contributed by atoms with Gasteiger partial charge in [-0.2, -0.15) is 0 Å². The quantitative estimate of drug-likeness (QED) is 0.474. The van der Waals surface area contributed by atoms with Crippen LogP contribution in [-0.2, 0) is 0 Å². The topological polar surface area (TPSA) is 18.5 Å². The molecule has 2 aliphatic heterocycles. The molecule has 2 aromatic carbocycles. The first-order valence-corrected chi connectivity index (χ1v) is 12.0. The van der Waals surface area contributed by atoms with Crippen molar-refractivity contribution in [2.45, 2.75) is 13.8 Å². The number of hydrogen-bond acceptors (Lipinski definition) is 6. The maximum Gasteiger partial charge on any atom is 0.118 e. The van der Waals surface area contributed by atoms with E-state index in [0.717, 1.165) is 11.5 Å². The minimum absolute atomic E-state index is 0.891. The molecule has 2 nitrogen and oxygen atoms in total. The third kappa shape index (κ3) is 4.01. The molecule has 0 saturated carbocycles. The van der Waals surface area contributed by atoms with Gasteiger partial charge >= 0.3 is 0 Å². The summed E-state index contributed by atoms with van der Waals surface area (Å²) < 4.78 is 13.3. The molecule has 0 fully saturated rings. The predicted octanol–water partition coefficient (Wildman–Crippen LogP) is 7.87.